The van der Waals surface area contributed by atoms with E-state index in [0.717, 1.165) is 39.8 Å². The summed E-state index contributed by atoms with van der Waals surface area (Å²) in [5, 5.41) is 3.96. The van der Waals surface area contributed by atoms with Crippen LogP contribution in [0.15, 0.2) is 40.4 Å². The zero-order valence-corrected chi connectivity index (χ0v) is 14.8. The lowest BCUT2D eigenvalue weighted by molar-refractivity contribution is 0.630. The summed E-state index contributed by atoms with van der Waals surface area (Å²) in [6.07, 6.45) is 3.73. The monoisotopic (exact) mass is 355 g/mol. The van der Waals surface area contributed by atoms with Crippen LogP contribution in [0.25, 0.3) is 32.6 Å². The number of pyridine rings is 1. The molecule has 128 valence electrons. The van der Waals surface area contributed by atoms with E-state index in [1.54, 1.807) is 24.0 Å². The molecule has 0 atom stereocenters. The lowest BCUT2D eigenvalue weighted by atomic mass is 10.0. The molecule has 0 amide bonds. The van der Waals surface area contributed by atoms with Crippen LogP contribution in [0.5, 0.6) is 0 Å². The highest BCUT2D eigenvalue weighted by Crippen LogP contribution is 2.35. The Balaban J connectivity index is 2.10. The smallest absolute Gasteiger partial charge is 0.256 e. The zero-order chi connectivity index (χ0) is 17.6. The van der Waals surface area contributed by atoms with Gasteiger partial charge in [0.05, 0.1) is 16.4 Å². The van der Waals surface area contributed by atoms with Gasteiger partial charge in [0, 0.05) is 27.6 Å². The molecule has 0 saturated carbocycles. The molecule has 2 N–H and O–H groups in total. The van der Waals surface area contributed by atoms with Gasteiger partial charge in [-0.1, -0.05) is 25.6 Å². The first-order chi connectivity index (χ1) is 12.1. The molecular formula is C19H18FN3OS. The summed E-state index contributed by atoms with van der Waals surface area (Å²) in [5.74, 6) is -0.359. The van der Waals surface area contributed by atoms with Crippen molar-refractivity contribution in [2.75, 3.05) is 0 Å². The first kappa shape index (κ1) is 16.1. The number of aromatic nitrogens is 3. The standard InChI is InChI=1S/C19H18FN3OS/c1-3-11(4-2)25-19-22-16-12-6-5-10(20)9-14(12)15-13(17(16)23-19)7-8-21-18(15)24/h5-9,11H,3-4H2,1-2H3,(H,21,24)(H,22,23). The van der Waals surface area contributed by atoms with Crippen molar-refractivity contribution in [3.05, 3.63) is 46.6 Å². The van der Waals surface area contributed by atoms with Crippen LogP contribution in [0.2, 0.25) is 0 Å². The van der Waals surface area contributed by atoms with Crippen LogP contribution in [0.4, 0.5) is 4.39 Å². The second-order valence-electron chi connectivity index (χ2n) is 6.11. The Hall–Kier alpha value is -2.34. The van der Waals surface area contributed by atoms with Crippen molar-refractivity contribution in [2.24, 2.45) is 0 Å². The van der Waals surface area contributed by atoms with Gasteiger partial charge in [-0.2, -0.15) is 0 Å². The second kappa shape index (κ2) is 6.19. The molecule has 0 aliphatic heterocycles. The summed E-state index contributed by atoms with van der Waals surface area (Å²) in [6.45, 7) is 4.33. The normalized spacial score (nSPS) is 12.0. The van der Waals surface area contributed by atoms with E-state index in [-0.39, 0.29) is 11.4 Å². The van der Waals surface area contributed by atoms with Gasteiger partial charge in [-0.3, -0.25) is 4.79 Å². The summed E-state index contributed by atoms with van der Waals surface area (Å²) >= 11 is 1.71. The number of halogens is 1. The van der Waals surface area contributed by atoms with E-state index >= 15 is 0 Å². The van der Waals surface area contributed by atoms with Crippen molar-refractivity contribution in [1.29, 1.82) is 0 Å². The van der Waals surface area contributed by atoms with Gasteiger partial charge >= 0.3 is 0 Å². The Labute approximate surface area is 147 Å². The molecule has 0 spiro atoms. The van der Waals surface area contributed by atoms with E-state index in [1.165, 1.54) is 12.1 Å². The number of nitrogens with zero attached hydrogens (tertiary/aromatic N) is 1. The highest BCUT2D eigenvalue weighted by molar-refractivity contribution is 7.99. The number of benzene rings is 2. The topological polar surface area (TPSA) is 61.5 Å². The van der Waals surface area contributed by atoms with Crippen molar-refractivity contribution in [2.45, 2.75) is 37.1 Å². The second-order valence-corrected chi connectivity index (χ2v) is 7.40. The Bertz CT molecular complexity index is 1140. The number of hydrogen-bond acceptors (Lipinski definition) is 3. The quantitative estimate of drug-likeness (QED) is 0.401. The molecule has 0 fully saturated rings. The van der Waals surface area contributed by atoms with E-state index in [2.05, 4.69) is 23.8 Å². The summed E-state index contributed by atoms with van der Waals surface area (Å²) in [7, 11) is 0. The molecule has 25 heavy (non-hydrogen) atoms. The molecular weight excluding hydrogens is 337 g/mol. The maximum absolute atomic E-state index is 13.8. The zero-order valence-electron chi connectivity index (χ0n) is 14.0. The molecule has 2 aromatic carbocycles. The fourth-order valence-electron chi connectivity index (χ4n) is 3.29. The predicted octanol–water partition coefficient (Wildman–Crippen LogP) is 4.98. The first-order valence-corrected chi connectivity index (χ1v) is 9.29. The molecule has 6 heteroatoms. The highest BCUT2D eigenvalue weighted by atomic mass is 32.2. The number of rotatable bonds is 4. The van der Waals surface area contributed by atoms with E-state index in [9.17, 15) is 9.18 Å². The average Bonchev–Trinajstić information content (AvgIpc) is 3.03. The Morgan fingerprint density at radius 1 is 1.16 bits per heavy atom. The van der Waals surface area contributed by atoms with E-state index in [0.29, 0.717) is 16.0 Å². The number of hydrogen-bond donors (Lipinski definition) is 2. The fourth-order valence-corrected chi connectivity index (χ4v) is 4.25. The number of nitrogens with one attached hydrogen (secondary N) is 2. The number of fused-ring (bicyclic) bond motifs is 6. The first-order valence-electron chi connectivity index (χ1n) is 8.41. The Morgan fingerprint density at radius 2 is 1.96 bits per heavy atom. The third kappa shape index (κ3) is 2.61. The van der Waals surface area contributed by atoms with Crippen LogP contribution < -0.4 is 5.56 Å². The third-order valence-corrected chi connectivity index (χ3v) is 6.02. The lowest BCUT2D eigenvalue weighted by Crippen LogP contribution is -2.05. The van der Waals surface area contributed by atoms with Crippen molar-refractivity contribution in [1.82, 2.24) is 15.0 Å². The minimum Gasteiger partial charge on any atom is -0.332 e. The Kier molecular flexibility index (Phi) is 4.00. The van der Waals surface area contributed by atoms with Gasteiger partial charge in [-0.05, 0) is 37.1 Å². The van der Waals surface area contributed by atoms with Crippen LogP contribution in [0.1, 0.15) is 26.7 Å². The molecule has 4 nitrogen and oxygen atoms in total. The summed E-state index contributed by atoms with van der Waals surface area (Å²) in [6, 6.07) is 6.37. The van der Waals surface area contributed by atoms with Crippen LogP contribution in [0.3, 0.4) is 0 Å². The summed E-state index contributed by atoms with van der Waals surface area (Å²) in [4.78, 5) is 23.2. The van der Waals surface area contributed by atoms with E-state index in [4.69, 9.17) is 4.98 Å². The molecule has 2 aromatic heterocycles. The molecule has 0 aliphatic rings. The van der Waals surface area contributed by atoms with Gasteiger partial charge in [0.15, 0.2) is 5.16 Å². The molecule has 2 heterocycles. The van der Waals surface area contributed by atoms with Crippen LogP contribution in [-0.2, 0) is 0 Å². The molecule has 0 saturated heterocycles. The van der Waals surface area contributed by atoms with Gasteiger partial charge in [-0.15, -0.1) is 0 Å². The molecule has 0 unspecified atom stereocenters. The highest BCUT2D eigenvalue weighted by Gasteiger charge is 2.17. The van der Waals surface area contributed by atoms with Crippen molar-refractivity contribution in [3.63, 3.8) is 0 Å². The number of thioether (sulfide) groups is 1. The summed E-state index contributed by atoms with van der Waals surface area (Å²) < 4.78 is 13.8. The molecule has 0 radical (unpaired) electrons. The van der Waals surface area contributed by atoms with Crippen LogP contribution in [-0.4, -0.2) is 20.2 Å². The molecule has 4 aromatic rings. The average molecular weight is 355 g/mol. The van der Waals surface area contributed by atoms with Gasteiger partial charge in [0.1, 0.15) is 5.82 Å². The van der Waals surface area contributed by atoms with Gasteiger partial charge in [0.2, 0.25) is 0 Å². The largest absolute Gasteiger partial charge is 0.332 e. The molecule has 4 rings (SSSR count). The lowest BCUT2D eigenvalue weighted by Gasteiger charge is -2.08. The minimum atomic E-state index is -0.359. The van der Waals surface area contributed by atoms with Crippen LogP contribution in [0, 0.1) is 5.82 Å². The van der Waals surface area contributed by atoms with Gasteiger partial charge in [-0.25, -0.2) is 9.37 Å². The maximum Gasteiger partial charge on any atom is 0.256 e. The maximum atomic E-state index is 13.8. The SMILES string of the molecule is CCC(CC)Sc1nc2c3cc[nH]c(=O)c3c3cc(F)ccc3c2[nH]1. The van der Waals surface area contributed by atoms with Crippen molar-refractivity contribution < 1.29 is 4.39 Å². The fraction of sp³-hybridized carbons (Fsp3) is 0.263. The van der Waals surface area contributed by atoms with Crippen molar-refractivity contribution >= 4 is 44.3 Å². The number of H-pyrrole nitrogens is 2. The summed E-state index contributed by atoms with van der Waals surface area (Å²) in [5.41, 5.74) is 1.38. The minimum absolute atomic E-state index is 0.229. The molecule has 0 aliphatic carbocycles. The van der Waals surface area contributed by atoms with Crippen molar-refractivity contribution in [3.8, 4) is 0 Å². The molecule has 0 bridgehead atoms. The Morgan fingerprint density at radius 3 is 2.72 bits per heavy atom. The van der Waals surface area contributed by atoms with Gasteiger partial charge < -0.3 is 9.97 Å². The third-order valence-electron chi connectivity index (χ3n) is 4.61. The van der Waals surface area contributed by atoms with Gasteiger partial charge in [0.25, 0.3) is 5.56 Å². The van der Waals surface area contributed by atoms with E-state index in [1.807, 2.05) is 6.07 Å². The van der Waals surface area contributed by atoms with E-state index < -0.39 is 0 Å². The predicted molar refractivity (Wildman–Crippen MR) is 102 cm³/mol. The number of imidazole rings is 1. The van der Waals surface area contributed by atoms with Crippen LogP contribution >= 0.6 is 11.8 Å². The number of aromatic amines is 2.